The van der Waals surface area contributed by atoms with E-state index in [0.29, 0.717) is 0 Å². The molecule has 1 aromatic rings. The van der Waals surface area contributed by atoms with Gasteiger partial charge in [-0.05, 0) is 52.1 Å². The molecular weight excluding hydrogens is 234 g/mol. The lowest BCUT2D eigenvalue weighted by atomic mass is 10.0. The van der Waals surface area contributed by atoms with Crippen LogP contribution in [-0.2, 0) is 25.7 Å². The molecule has 0 saturated heterocycles. The van der Waals surface area contributed by atoms with Crippen LogP contribution in [0.2, 0.25) is 0 Å². The van der Waals surface area contributed by atoms with Crippen molar-refractivity contribution >= 4 is 0 Å². The summed E-state index contributed by atoms with van der Waals surface area (Å²) in [5, 5.41) is 3.55. The molecule has 0 amide bonds. The van der Waals surface area contributed by atoms with Gasteiger partial charge in [0.25, 0.3) is 0 Å². The number of aromatic nitrogens is 2. The van der Waals surface area contributed by atoms with E-state index in [2.05, 4.69) is 46.9 Å². The molecule has 3 heteroatoms. The summed E-state index contributed by atoms with van der Waals surface area (Å²) < 4.78 is 0. The van der Waals surface area contributed by atoms with Crippen molar-refractivity contribution in [3.8, 4) is 0 Å². The van der Waals surface area contributed by atoms with Crippen molar-refractivity contribution in [2.75, 3.05) is 6.54 Å². The molecule has 0 aliphatic carbocycles. The lowest BCUT2D eigenvalue weighted by molar-refractivity contribution is 0.428. The molecule has 0 saturated carbocycles. The van der Waals surface area contributed by atoms with E-state index in [1.165, 1.54) is 17.0 Å². The third-order valence-corrected chi connectivity index (χ3v) is 3.24. The number of hydrogen-bond donors (Lipinski definition) is 1. The molecule has 19 heavy (non-hydrogen) atoms. The van der Waals surface area contributed by atoms with Gasteiger partial charge >= 0.3 is 0 Å². The van der Waals surface area contributed by atoms with Gasteiger partial charge in [-0.25, -0.2) is 9.97 Å². The van der Waals surface area contributed by atoms with Crippen LogP contribution >= 0.6 is 0 Å². The van der Waals surface area contributed by atoms with E-state index in [4.69, 9.17) is 9.97 Å². The van der Waals surface area contributed by atoms with Crippen molar-refractivity contribution in [2.24, 2.45) is 0 Å². The number of hydrogen-bond acceptors (Lipinski definition) is 3. The fraction of sp³-hybridized carbons (Fsp3) is 0.750. The molecule has 1 aromatic heterocycles. The van der Waals surface area contributed by atoms with Crippen LogP contribution in [0, 0.1) is 0 Å². The minimum Gasteiger partial charge on any atom is -0.312 e. The van der Waals surface area contributed by atoms with Gasteiger partial charge in [0.1, 0.15) is 5.82 Å². The van der Waals surface area contributed by atoms with Gasteiger partial charge in [0, 0.05) is 23.3 Å². The Morgan fingerprint density at radius 2 is 1.42 bits per heavy atom. The second-order valence-electron chi connectivity index (χ2n) is 6.00. The summed E-state index contributed by atoms with van der Waals surface area (Å²) in [6.45, 7) is 14.1. The first kappa shape index (κ1) is 16.1. The van der Waals surface area contributed by atoms with Gasteiger partial charge in [-0.15, -0.1) is 0 Å². The molecule has 0 bridgehead atoms. The molecule has 1 heterocycles. The topological polar surface area (TPSA) is 37.8 Å². The summed E-state index contributed by atoms with van der Waals surface area (Å²) >= 11 is 0. The van der Waals surface area contributed by atoms with Crippen molar-refractivity contribution in [1.29, 1.82) is 0 Å². The standard InChI is InChI=1S/C16H29N3/c1-7-13-12(10-11-17-16(4,5)6)14(8-2)19-15(9-3)18-13/h17H,7-11H2,1-6H3. The summed E-state index contributed by atoms with van der Waals surface area (Å²) in [4.78, 5) is 9.39. The maximum absolute atomic E-state index is 4.69. The lowest BCUT2D eigenvalue weighted by Crippen LogP contribution is -2.37. The Morgan fingerprint density at radius 1 is 0.895 bits per heavy atom. The Balaban J connectivity index is 2.91. The van der Waals surface area contributed by atoms with Gasteiger partial charge < -0.3 is 5.32 Å². The highest BCUT2D eigenvalue weighted by Crippen LogP contribution is 2.15. The predicted octanol–water partition coefficient (Wildman–Crippen LogP) is 3.09. The van der Waals surface area contributed by atoms with E-state index in [1.54, 1.807) is 0 Å². The Bertz CT molecular complexity index is 380. The third kappa shape index (κ3) is 4.90. The minimum absolute atomic E-state index is 0.170. The number of nitrogens with one attached hydrogen (secondary N) is 1. The average Bonchev–Trinajstić information content (AvgIpc) is 2.37. The molecule has 1 rings (SSSR count). The van der Waals surface area contributed by atoms with E-state index < -0.39 is 0 Å². The summed E-state index contributed by atoms with van der Waals surface area (Å²) in [6, 6.07) is 0. The first-order chi connectivity index (χ1) is 8.91. The molecule has 1 N–H and O–H groups in total. The van der Waals surface area contributed by atoms with Crippen molar-refractivity contribution < 1.29 is 0 Å². The SMILES string of the molecule is CCc1nc(CC)c(CCNC(C)(C)C)c(CC)n1. The van der Waals surface area contributed by atoms with Crippen LogP contribution in [-0.4, -0.2) is 22.1 Å². The van der Waals surface area contributed by atoms with Crippen LogP contribution in [0.25, 0.3) is 0 Å². The van der Waals surface area contributed by atoms with E-state index in [-0.39, 0.29) is 5.54 Å². The molecule has 0 atom stereocenters. The Morgan fingerprint density at radius 3 is 1.79 bits per heavy atom. The molecule has 0 fully saturated rings. The second-order valence-corrected chi connectivity index (χ2v) is 6.00. The maximum atomic E-state index is 4.69. The van der Waals surface area contributed by atoms with Crippen LogP contribution in [0.1, 0.15) is 64.3 Å². The van der Waals surface area contributed by atoms with Gasteiger partial charge in [0.2, 0.25) is 0 Å². The summed E-state index contributed by atoms with van der Waals surface area (Å²) in [6.07, 6.45) is 3.93. The highest BCUT2D eigenvalue weighted by Gasteiger charge is 2.13. The molecule has 108 valence electrons. The molecule has 0 aromatic carbocycles. The predicted molar refractivity (Wildman–Crippen MR) is 81.6 cm³/mol. The number of aryl methyl sites for hydroxylation is 3. The maximum Gasteiger partial charge on any atom is 0.128 e. The third-order valence-electron chi connectivity index (χ3n) is 3.24. The van der Waals surface area contributed by atoms with E-state index in [1.807, 2.05) is 0 Å². The fourth-order valence-electron chi connectivity index (χ4n) is 2.23. The van der Waals surface area contributed by atoms with E-state index >= 15 is 0 Å². The van der Waals surface area contributed by atoms with Crippen molar-refractivity contribution in [2.45, 2.75) is 72.8 Å². The number of nitrogens with zero attached hydrogens (tertiary/aromatic N) is 2. The second kappa shape index (κ2) is 6.99. The molecule has 0 aliphatic heterocycles. The lowest BCUT2D eigenvalue weighted by Gasteiger charge is -2.21. The summed E-state index contributed by atoms with van der Waals surface area (Å²) in [5.74, 6) is 0.987. The quantitative estimate of drug-likeness (QED) is 0.857. The fourth-order valence-corrected chi connectivity index (χ4v) is 2.23. The van der Waals surface area contributed by atoms with Gasteiger partial charge in [-0.2, -0.15) is 0 Å². The minimum atomic E-state index is 0.170. The molecular formula is C16H29N3. The van der Waals surface area contributed by atoms with E-state index in [0.717, 1.165) is 38.1 Å². The van der Waals surface area contributed by atoms with E-state index in [9.17, 15) is 0 Å². The van der Waals surface area contributed by atoms with Crippen molar-refractivity contribution in [1.82, 2.24) is 15.3 Å². The zero-order valence-corrected chi connectivity index (χ0v) is 13.4. The molecule has 0 aliphatic rings. The zero-order chi connectivity index (χ0) is 14.5. The van der Waals surface area contributed by atoms with Gasteiger partial charge in [-0.1, -0.05) is 20.8 Å². The highest BCUT2D eigenvalue weighted by atomic mass is 14.9. The van der Waals surface area contributed by atoms with Crippen LogP contribution in [0.5, 0.6) is 0 Å². The molecule has 0 radical (unpaired) electrons. The monoisotopic (exact) mass is 263 g/mol. The van der Waals surface area contributed by atoms with Gasteiger partial charge in [-0.3, -0.25) is 0 Å². The Labute approximate surface area is 118 Å². The number of rotatable bonds is 6. The van der Waals surface area contributed by atoms with Crippen LogP contribution in [0.15, 0.2) is 0 Å². The first-order valence-electron chi connectivity index (χ1n) is 7.53. The summed E-state index contributed by atoms with van der Waals surface area (Å²) in [7, 11) is 0. The smallest absolute Gasteiger partial charge is 0.128 e. The molecule has 3 nitrogen and oxygen atoms in total. The highest BCUT2D eigenvalue weighted by molar-refractivity contribution is 5.27. The largest absolute Gasteiger partial charge is 0.312 e. The Kier molecular flexibility index (Phi) is 5.92. The zero-order valence-electron chi connectivity index (χ0n) is 13.4. The van der Waals surface area contributed by atoms with Crippen LogP contribution < -0.4 is 5.32 Å². The van der Waals surface area contributed by atoms with Crippen LogP contribution in [0.3, 0.4) is 0 Å². The summed E-state index contributed by atoms with van der Waals surface area (Å²) in [5.41, 5.74) is 4.00. The van der Waals surface area contributed by atoms with Crippen molar-refractivity contribution in [3.05, 3.63) is 22.8 Å². The van der Waals surface area contributed by atoms with Crippen LogP contribution in [0.4, 0.5) is 0 Å². The Hall–Kier alpha value is -0.960. The van der Waals surface area contributed by atoms with Gasteiger partial charge in [0.15, 0.2) is 0 Å². The molecule has 0 unspecified atom stereocenters. The normalized spacial score (nSPS) is 11.9. The molecule has 0 spiro atoms. The average molecular weight is 263 g/mol. The van der Waals surface area contributed by atoms with Crippen molar-refractivity contribution in [3.63, 3.8) is 0 Å². The van der Waals surface area contributed by atoms with Gasteiger partial charge in [0.05, 0.1) is 0 Å². The first-order valence-corrected chi connectivity index (χ1v) is 7.53.